The molecule has 0 radical (unpaired) electrons. The lowest BCUT2D eigenvalue weighted by molar-refractivity contribution is 0.0390. The topological polar surface area (TPSA) is 45.6 Å². The van der Waals surface area contributed by atoms with Gasteiger partial charge in [0.1, 0.15) is 11.9 Å². The van der Waals surface area contributed by atoms with Gasteiger partial charge in [-0.05, 0) is 30.2 Å². The molecule has 1 aromatic heterocycles. The molecule has 0 aliphatic carbocycles. The fraction of sp³-hybridized carbons (Fsp3) is 0.286. The molecule has 2 heterocycles. The van der Waals surface area contributed by atoms with E-state index in [1.165, 1.54) is 11.1 Å². The van der Waals surface area contributed by atoms with Crippen molar-refractivity contribution in [3.63, 3.8) is 0 Å². The first kappa shape index (κ1) is 16.1. The smallest absolute Gasteiger partial charge is 0.135 e. The normalized spacial score (nSPS) is 17.8. The Morgan fingerprint density at radius 2 is 1.96 bits per heavy atom. The van der Waals surface area contributed by atoms with Crippen molar-refractivity contribution in [1.29, 1.82) is 0 Å². The highest BCUT2D eigenvalue weighted by Gasteiger charge is 2.25. The molecule has 4 heteroatoms. The van der Waals surface area contributed by atoms with Crippen LogP contribution in [0.4, 0.5) is 5.82 Å². The average Bonchev–Trinajstić information content (AvgIpc) is 2.67. The van der Waals surface area contributed by atoms with Gasteiger partial charge in [-0.1, -0.05) is 42.5 Å². The highest BCUT2D eigenvalue weighted by atomic mass is 16.5. The number of pyridine rings is 1. The summed E-state index contributed by atoms with van der Waals surface area (Å²) in [5.41, 5.74) is 4.28. The standard InChI is InChI=1S/C21H22N2O2/c1-15-6-2-4-8-18(15)20-13-23(10-11-25-20)21-17(14-24)12-16-7-3-5-9-19(16)22-21/h2-9,12,20,24H,10-11,13-14H2,1H3. The van der Waals surface area contributed by atoms with Crippen LogP contribution in [0.5, 0.6) is 0 Å². The monoisotopic (exact) mass is 334 g/mol. The second-order valence-electron chi connectivity index (χ2n) is 6.48. The third-order valence-corrected chi connectivity index (χ3v) is 4.85. The van der Waals surface area contributed by atoms with Crippen LogP contribution in [0.2, 0.25) is 0 Å². The van der Waals surface area contributed by atoms with Crippen LogP contribution in [0.1, 0.15) is 22.8 Å². The highest BCUT2D eigenvalue weighted by Crippen LogP contribution is 2.30. The fourth-order valence-corrected chi connectivity index (χ4v) is 3.52. The summed E-state index contributed by atoms with van der Waals surface area (Å²) >= 11 is 0. The molecule has 4 rings (SSSR count). The van der Waals surface area contributed by atoms with Crippen LogP contribution in [-0.2, 0) is 11.3 Å². The molecule has 0 amide bonds. The molecule has 1 saturated heterocycles. The van der Waals surface area contributed by atoms with Gasteiger partial charge in [0, 0.05) is 24.0 Å². The number of aromatic nitrogens is 1. The van der Waals surface area contributed by atoms with Crippen molar-refractivity contribution < 1.29 is 9.84 Å². The predicted molar refractivity (Wildman–Crippen MR) is 99.8 cm³/mol. The number of ether oxygens (including phenoxy) is 1. The van der Waals surface area contributed by atoms with Crippen LogP contribution in [0, 0.1) is 6.92 Å². The van der Waals surface area contributed by atoms with Crippen molar-refractivity contribution in [3.8, 4) is 0 Å². The Kier molecular flexibility index (Phi) is 4.38. The van der Waals surface area contributed by atoms with Gasteiger partial charge in [0.25, 0.3) is 0 Å². The zero-order valence-corrected chi connectivity index (χ0v) is 14.4. The first-order valence-corrected chi connectivity index (χ1v) is 8.68. The Morgan fingerprint density at radius 3 is 2.80 bits per heavy atom. The van der Waals surface area contributed by atoms with Crippen LogP contribution in [0.25, 0.3) is 10.9 Å². The molecule has 128 valence electrons. The molecule has 0 bridgehead atoms. The SMILES string of the molecule is Cc1ccccc1C1CN(c2nc3ccccc3cc2CO)CCO1. The number of aryl methyl sites for hydroxylation is 1. The minimum Gasteiger partial charge on any atom is -0.392 e. The van der Waals surface area contributed by atoms with Crippen LogP contribution >= 0.6 is 0 Å². The number of hydrogen-bond donors (Lipinski definition) is 1. The lowest BCUT2D eigenvalue weighted by Crippen LogP contribution is -2.39. The second-order valence-corrected chi connectivity index (χ2v) is 6.48. The third-order valence-electron chi connectivity index (χ3n) is 4.85. The van der Waals surface area contributed by atoms with Gasteiger partial charge >= 0.3 is 0 Å². The summed E-state index contributed by atoms with van der Waals surface area (Å²) in [6.45, 7) is 4.27. The number of aliphatic hydroxyl groups is 1. The van der Waals surface area contributed by atoms with Gasteiger partial charge in [-0.15, -0.1) is 0 Å². The van der Waals surface area contributed by atoms with Crippen molar-refractivity contribution in [3.05, 3.63) is 71.3 Å². The number of nitrogens with zero attached hydrogens (tertiary/aromatic N) is 2. The molecule has 3 aromatic rings. The Hall–Kier alpha value is -2.43. The van der Waals surface area contributed by atoms with E-state index in [1.54, 1.807) is 0 Å². The summed E-state index contributed by atoms with van der Waals surface area (Å²) in [5.74, 6) is 0.864. The van der Waals surface area contributed by atoms with E-state index in [2.05, 4.69) is 30.0 Å². The molecule has 0 spiro atoms. The van der Waals surface area contributed by atoms with Gasteiger partial charge in [-0.25, -0.2) is 4.98 Å². The molecule has 1 aliphatic rings. The molecule has 1 N–H and O–H groups in total. The van der Waals surface area contributed by atoms with Crippen molar-refractivity contribution in [2.75, 3.05) is 24.6 Å². The van der Waals surface area contributed by atoms with Crippen molar-refractivity contribution >= 4 is 16.7 Å². The summed E-state index contributed by atoms with van der Waals surface area (Å²) < 4.78 is 6.03. The Labute approximate surface area is 147 Å². The number of para-hydroxylation sites is 1. The molecule has 0 saturated carbocycles. The van der Waals surface area contributed by atoms with Crippen LogP contribution in [0.15, 0.2) is 54.6 Å². The summed E-state index contributed by atoms with van der Waals surface area (Å²) in [6, 6.07) is 18.4. The van der Waals surface area contributed by atoms with Crippen LogP contribution < -0.4 is 4.90 Å². The van der Waals surface area contributed by atoms with E-state index >= 15 is 0 Å². The number of aliphatic hydroxyl groups excluding tert-OH is 1. The Balaban J connectivity index is 1.69. The summed E-state index contributed by atoms with van der Waals surface area (Å²) in [6.07, 6.45) is 0.0229. The average molecular weight is 334 g/mol. The molecule has 4 nitrogen and oxygen atoms in total. The molecule has 1 unspecified atom stereocenters. The lowest BCUT2D eigenvalue weighted by Gasteiger charge is -2.35. The van der Waals surface area contributed by atoms with E-state index in [-0.39, 0.29) is 12.7 Å². The number of hydrogen-bond acceptors (Lipinski definition) is 4. The molecule has 25 heavy (non-hydrogen) atoms. The Morgan fingerprint density at radius 1 is 1.16 bits per heavy atom. The Bertz CT molecular complexity index is 894. The second kappa shape index (κ2) is 6.82. The van der Waals surface area contributed by atoms with Crippen molar-refractivity contribution in [2.24, 2.45) is 0 Å². The van der Waals surface area contributed by atoms with Crippen molar-refractivity contribution in [2.45, 2.75) is 19.6 Å². The molecule has 1 atom stereocenters. The molecule has 1 aliphatic heterocycles. The van der Waals surface area contributed by atoms with Crippen molar-refractivity contribution in [1.82, 2.24) is 4.98 Å². The van der Waals surface area contributed by atoms with E-state index in [4.69, 9.17) is 9.72 Å². The zero-order valence-electron chi connectivity index (χ0n) is 14.4. The summed E-state index contributed by atoms with van der Waals surface area (Å²) in [7, 11) is 0. The summed E-state index contributed by atoms with van der Waals surface area (Å²) in [4.78, 5) is 7.07. The van der Waals surface area contributed by atoms with E-state index < -0.39 is 0 Å². The number of benzene rings is 2. The highest BCUT2D eigenvalue weighted by molar-refractivity contribution is 5.81. The van der Waals surface area contributed by atoms with E-state index in [0.717, 1.165) is 35.4 Å². The van der Waals surface area contributed by atoms with E-state index in [0.29, 0.717) is 6.61 Å². The maximum absolute atomic E-state index is 9.84. The van der Waals surface area contributed by atoms with Gasteiger partial charge in [0.2, 0.25) is 0 Å². The van der Waals surface area contributed by atoms with Gasteiger partial charge in [-0.2, -0.15) is 0 Å². The van der Waals surface area contributed by atoms with Gasteiger partial charge < -0.3 is 14.7 Å². The fourth-order valence-electron chi connectivity index (χ4n) is 3.52. The predicted octanol–water partition coefficient (Wildman–Crippen LogP) is 3.61. The zero-order chi connectivity index (χ0) is 17.2. The molecule has 2 aromatic carbocycles. The lowest BCUT2D eigenvalue weighted by atomic mass is 10.0. The maximum Gasteiger partial charge on any atom is 0.135 e. The minimum absolute atomic E-state index is 0.0143. The van der Waals surface area contributed by atoms with Crippen LogP contribution in [0.3, 0.4) is 0 Å². The number of morpholine rings is 1. The maximum atomic E-state index is 9.84. The number of anilines is 1. The third kappa shape index (κ3) is 3.11. The molecular formula is C21H22N2O2. The largest absolute Gasteiger partial charge is 0.392 e. The first-order valence-electron chi connectivity index (χ1n) is 8.68. The molecular weight excluding hydrogens is 312 g/mol. The van der Waals surface area contributed by atoms with Gasteiger partial charge in [0.05, 0.1) is 18.7 Å². The van der Waals surface area contributed by atoms with E-state index in [1.807, 2.05) is 36.4 Å². The molecule has 1 fully saturated rings. The van der Waals surface area contributed by atoms with Gasteiger partial charge in [-0.3, -0.25) is 0 Å². The summed E-state index contributed by atoms with van der Waals surface area (Å²) in [5, 5.41) is 10.9. The number of rotatable bonds is 3. The minimum atomic E-state index is -0.0143. The van der Waals surface area contributed by atoms with Crippen LogP contribution in [-0.4, -0.2) is 29.8 Å². The number of fused-ring (bicyclic) bond motifs is 1. The first-order chi connectivity index (χ1) is 12.3. The van der Waals surface area contributed by atoms with Gasteiger partial charge in [0.15, 0.2) is 0 Å². The van der Waals surface area contributed by atoms with E-state index in [9.17, 15) is 5.11 Å². The quantitative estimate of drug-likeness (QED) is 0.795.